The van der Waals surface area contributed by atoms with Crippen LogP contribution < -0.4 is 9.62 Å². The van der Waals surface area contributed by atoms with Crippen molar-refractivity contribution in [3.8, 4) is 0 Å². The van der Waals surface area contributed by atoms with Gasteiger partial charge in [0, 0.05) is 17.6 Å². The number of carbonyl (C=O) groups excluding carboxylic acids is 2. The van der Waals surface area contributed by atoms with Crippen molar-refractivity contribution in [1.82, 2.24) is 10.2 Å². The zero-order chi connectivity index (χ0) is 24.8. The molecule has 0 saturated heterocycles. The van der Waals surface area contributed by atoms with Crippen LogP contribution >= 0.6 is 11.6 Å². The maximum atomic E-state index is 13.4. The Hall–Kier alpha value is -2.58. The molecule has 2 aromatic carbocycles. The van der Waals surface area contributed by atoms with Crippen LogP contribution in [0.15, 0.2) is 48.5 Å². The molecule has 0 heterocycles. The highest BCUT2D eigenvalue weighted by atomic mass is 35.5. The molecule has 2 amide bonds. The van der Waals surface area contributed by atoms with E-state index in [0.29, 0.717) is 10.7 Å². The van der Waals surface area contributed by atoms with Crippen molar-refractivity contribution in [3.05, 3.63) is 64.7 Å². The molecule has 0 spiro atoms. The fourth-order valence-electron chi connectivity index (χ4n) is 3.28. The van der Waals surface area contributed by atoms with Crippen molar-refractivity contribution in [3.63, 3.8) is 0 Å². The molecule has 0 saturated carbocycles. The van der Waals surface area contributed by atoms with Gasteiger partial charge in [-0.15, -0.1) is 0 Å². The van der Waals surface area contributed by atoms with E-state index in [1.807, 2.05) is 45.0 Å². The maximum absolute atomic E-state index is 13.4. The van der Waals surface area contributed by atoms with Gasteiger partial charge in [-0.05, 0) is 57.0 Å². The minimum Gasteiger partial charge on any atom is -0.352 e. The van der Waals surface area contributed by atoms with Crippen LogP contribution in [0.2, 0.25) is 5.02 Å². The molecule has 2 rings (SSSR count). The molecule has 0 unspecified atom stereocenters. The van der Waals surface area contributed by atoms with Crippen molar-refractivity contribution in [1.29, 1.82) is 0 Å². The first-order chi connectivity index (χ1) is 15.4. The number of anilines is 1. The lowest BCUT2D eigenvalue weighted by Gasteiger charge is -2.32. The van der Waals surface area contributed by atoms with E-state index < -0.39 is 28.5 Å². The van der Waals surface area contributed by atoms with E-state index in [9.17, 15) is 18.0 Å². The van der Waals surface area contributed by atoms with E-state index in [4.69, 9.17) is 11.6 Å². The molecular formula is C24H32ClN3O4S. The van der Waals surface area contributed by atoms with Gasteiger partial charge in [-0.2, -0.15) is 0 Å². The van der Waals surface area contributed by atoms with E-state index >= 15 is 0 Å². The van der Waals surface area contributed by atoms with E-state index in [2.05, 4.69) is 5.32 Å². The Bertz CT molecular complexity index is 1070. The second-order valence-corrected chi connectivity index (χ2v) is 10.6. The van der Waals surface area contributed by atoms with E-state index in [0.717, 1.165) is 28.1 Å². The van der Waals surface area contributed by atoms with Crippen molar-refractivity contribution < 1.29 is 18.0 Å². The predicted molar refractivity (Wildman–Crippen MR) is 133 cm³/mol. The molecule has 180 valence electrons. The van der Waals surface area contributed by atoms with Gasteiger partial charge in [0.2, 0.25) is 21.8 Å². The van der Waals surface area contributed by atoms with Gasteiger partial charge in [-0.1, -0.05) is 48.4 Å². The van der Waals surface area contributed by atoms with Gasteiger partial charge in [0.15, 0.2) is 0 Å². The lowest BCUT2D eigenvalue weighted by molar-refractivity contribution is -0.139. The second kappa shape index (κ2) is 11.5. The number of rotatable bonds is 10. The van der Waals surface area contributed by atoms with Crippen LogP contribution in [-0.2, 0) is 26.2 Å². The summed E-state index contributed by atoms with van der Waals surface area (Å²) in [4.78, 5) is 27.7. The third-order valence-electron chi connectivity index (χ3n) is 5.40. The number of hydrogen-bond donors (Lipinski definition) is 1. The van der Waals surface area contributed by atoms with Gasteiger partial charge in [0.1, 0.15) is 12.6 Å². The molecule has 0 aliphatic heterocycles. The quantitative estimate of drug-likeness (QED) is 0.546. The highest BCUT2D eigenvalue weighted by Crippen LogP contribution is 2.21. The number of aryl methyl sites for hydroxylation is 1. The Balaban J connectivity index is 2.37. The summed E-state index contributed by atoms with van der Waals surface area (Å²) >= 11 is 5.93. The molecule has 2 aromatic rings. The van der Waals surface area contributed by atoms with Gasteiger partial charge >= 0.3 is 0 Å². The van der Waals surface area contributed by atoms with Gasteiger partial charge < -0.3 is 10.2 Å². The monoisotopic (exact) mass is 493 g/mol. The van der Waals surface area contributed by atoms with Crippen LogP contribution in [0.3, 0.4) is 0 Å². The summed E-state index contributed by atoms with van der Waals surface area (Å²) < 4.78 is 26.0. The molecule has 0 radical (unpaired) electrons. The van der Waals surface area contributed by atoms with Gasteiger partial charge in [0.25, 0.3) is 0 Å². The van der Waals surface area contributed by atoms with Gasteiger partial charge in [0.05, 0.1) is 11.9 Å². The first-order valence-electron chi connectivity index (χ1n) is 10.8. The smallest absolute Gasteiger partial charge is 0.244 e. The predicted octanol–water partition coefficient (Wildman–Crippen LogP) is 3.75. The molecule has 0 aliphatic rings. The molecule has 0 bridgehead atoms. The fraction of sp³-hybridized carbons (Fsp3) is 0.417. The maximum Gasteiger partial charge on any atom is 0.244 e. The number of halogens is 1. The number of hydrogen-bond acceptors (Lipinski definition) is 4. The third-order valence-corrected chi connectivity index (χ3v) is 6.79. The first kappa shape index (κ1) is 26.7. The summed E-state index contributed by atoms with van der Waals surface area (Å²) in [7, 11) is -3.77. The molecule has 2 atom stereocenters. The zero-order valence-electron chi connectivity index (χ0n) is 19.7. The topological polar surface area (TPSA) is 86.8 Å². The molecule has 1 N–H and O–H groups in total. The first-order valence-corrected chi connectivity index (χ1v) is 13.0. The minimum atomic E-state index is -3.77. The lowest BCUT2D eigenvalue weighted by Crippen LogP contribution is -2.52. The van der Waals surface area contributed by atoms with E-state index in [1.165, 1.54) is 4.90 Å². The number of amides is 2. The summed E-state index contributed by atoms with van der Waals surface area (Å²) in [6.45, 7) is 7.19. The highest BCUT2D eigenvalue weighted by molar-refractivity contribution is 7.92. The summed E-state index contributed by atoms with van der Waals surface area (Å²) in [5.74, 6) is -0.772. The largest absolute Gasteiger partial charge is 0.352 e. The lowest BCUT2D eigenvalue weighted by atomic mass is 10.1. The second-order valence-electron chi connectivity index (χ2n) is 8.25. The molecule has 0 fully saturated rings. The third kappa shape index (κ3) is 7.75. The molecule has 0 aliphatic carbocycles. The summed E-state index contributed by atoms with van der Waals surface area (Å²) in [6.07, 6.45) is 1.79. The van der Waals surface area contributed by atoms with E-state index in [-0.39, 0.29) is 18.5 Å². The van der Waals surface area contributed by atoms with Crippen molar-refractivity contribution in [2.75, 3.05) is 17.1 Å². The molecule has 33 heavy (non-hydrogen) atoms. The highest BCUT2D eigenvalue weighted by Gasteiger charge is 2.30. The molecule has 9 heteroatoms. The molecular weight excluding hydrogens is 462 g/mol. The van der Waals surface area contributed by atoms with Gasteiger partial charge in [-0.3, -0.25) is 13.9 Å². The Morgan fingerprint density at radius 1 is 1.09 bits per heavy atom. The SMILES string of the molecule is CC[C@H](C)NC(=O)[C@H](C)N(Cc1cccc(C)c1)C(=O)CN(c1ccc(Cl)cc1)S(C)(=O)=O. The number of carbonyl (C=O) groups is 2. The average Bonchev–Trinajstić information content (AvgIpc) is 2.75. The number of sulfonamides is 1. The molecule has 0 aromatic heterocycles. The Labute approximate surface area is 201 Å². The van der Waals surface area contributed by atoms with Gasteiger partial charge in [-0.25, -0.2) is 8.42 Å². The summed E-state index contributed by atoms with van der Waals surface area (Å²) in [6, 6.07) is 13.0. The molecule has 7 nitrogen and oxygen atoms in total. The van der Waals surface area contributed by atoms with Crippen LogP contribution in [0.5, 0.6) is 0 Å². The number of nitrogens with zero attached hydrogens (tertiary/aromatic N) is 2. The van der Waals surface area contributed by atoms with Crippen LogP contribution in [0.4, 0.5) is 5.69 Å². The fourth-order valence-corrected chi connectivity index (χ4v) is 4.25. The summed E-state index contributed by atoms with van der Waals surface area (Å²) in [5.41, 5.74) is 2.20. The Morgan fingerprint density at radius 2 is 1.73 bits per heavy atom. The Kier molecular flexibility index (Phi) is 9.31. The van der Waals surface area contributed by atoms with E-state index in [1.54, 1.807) is 31.2 Å². The van der Waals surface area contributed by atoms with Crippen molar-refractivity contribution in [2.24, 2.45) is 0 Å². The van der Waals surface area contributed by atoms with Crippen LogP contribution in [0.1, 0.15) is 38.3 Å². The number of nitrogens with one attached hydrogen (secondary N) is 1. The average molecular weight is 494 g/mol. The zero-order valence-corrected chi connectivity index (χ0v) is 21.3. The van der Waals surface area contributed by atoms with Crippen molar-refractivity contribution in [2.45, 2.75) is 52.7 Å². The van der Waals surface area contributed by atoms with Crippen molar-refractivity contribution >= 4 is 39.1 Å². The summed E-state index contributed by atoms with van der Waals surface area (Å²) in [5, 5.41) is 3.36. The van der Waals surface area contributed by atoms with Crippen LogP contribution in [0.25, 0.3) is 0 Å². The number of benzene rings is 2. The standard InChI is InChI=1S/C24H32ClN3O4S/c1-6-18(3)26-24(30)19(4)27(15-20-9-7-8-17(2)14-20)23(29)16-28(33(5,31)32)22-12-10-21(25)11-13-22/h7-14,18-19H,6,15-16H2,1-5H3,(H,26,30)/t18-,19-/m0/s1. The van der Waals surface area contributed by atoms with Crippen LogP contribution in [0, 0.1) is 6.92 Å². The normalized spacial score (nSPS) is 13.2. The van der Waals surface area contributed by atoms with Crippen LogP contribution in [-0.4, -0.2) is 50.0 Å². The Morgan fingerprint density at radius 3 is 2.27 bits per heavy atom. The minimum absolute atomic E-state index is 0.0440.